The Kier molecular flexibility index (Phi) is 4.93. The molecule has 1 aliphatic carbocycles. The van der Waals surface area contributed by atoms with Gasteiger partial charge in [-0.1, -0.05) is 84.9 Å². The predicted octanol–water partition coefficient (Wildman–Crippen LogP) is 7.14. The van der Waals surface area contributed by atoms with Gasteiger partial charge < -0.3 is 9.47 Å². The van der Waals surface area contributed by atoms with Crippen molar-refractivity contribution in [1.82, 2.24) is 0 Å². The Morgan fingerprint density at radius 1 is 0.657 bits per heavy atom. The zero-order chi connectivity index (χ0) is 24.0. The fraction of sp³-hybridized carbons (Fsp3) is 0.0938. The zero-order valence-electron chi connectivity index (χ0n) is 19.6. The molecule has 0 amide bonds. The molecule has 0 N–H and O–H groups in total. The van der Waals surface area contributed by atoms with E-state index >= 15 is 0 Å². The second kappa shape index (κ2) is 8.14. The smallest absolute Gasteiger partial charge is 0.308 e. The second-order valence-electron chi connectivity index (χ2n) is 8.85. The van der Waals surface area contributed by atoms with E-state index in [0.29, 0.717) is 5.75 Å². The molecule has 0 bridgehead atoms. The number of hydrogen-bond acceptors (Lipinski definition) is 3. The summed E-state index contributed by atoms with van der Waals surface area (Å²) in [4.78, 5) is 11.5. The first kappa shape index (κ1) is 21.2. The number of fused-ring (bicyclic) bond motifs is 5. The first-order valence-electron chi connectivity index (χ1n) is 11.7. The molecule has 6 rings (SSSR count). The van der Waals surface area contributed by atoms with Gasteiger partial charge in [-0.3, -0.25) is 4.79 Å². The van der Waals surface area contributed by atoms with Crippen LogP contribution in [0.2, 0.25) is 0 Å². The van der Waals surface area contributed by atoms with Gasteiger partial charge in [0.2, 0.25) is 0 Å². The monoisotopic (exact) mass is 456 g/mol. The van der Waals surface area contributed by atoms with Gasteiger partial charge in [-0.25, -0.2) is 0 Å². The second-order valence-corrected chi connectivity index (χ2v) is 8.85. The Hall–Kier alpha value is -4.37. The Labute approximate surface area is 204 Å². The molecular weight excluding hydrogens is 432 g/mol. The summed E-state index contributed by atoms with van der Waals surface area (Å²) in [5, 5.41) is 2.46. The van der Waals surface area contributed by atoms with Crippen LogP contribution in [0.4, 0.5) is 0 Å². The average Bonchev–Trinajstić information content (AvgIpc) is 3.20. The molecule has 0 aromatic heterocycles. The summed E-state index contributed by atoms with van der Waals surface area (Å²) in [6.45, 7) is 1.42. The number of methoxy groups -OCH3 is 1. The molecular formula is C32H24O3. The van der Waals surface area contributed by atoms with Gasteiger partial charge in [0.25, 0.3) is 0 Å². The van der Waals surface area contributed by atoms with Crippen LogP contribution in [0.25, 0.3) is 21.9 Å². The molecule has 3 nitrogen and oxygen atoms in total. The van der Waals surface area contributed by atoms with Crippen molar-refractivity contribution in [2.75, 3.05) is 7.11 Å². The van der Waals surface area contributed by atoms with Crippen LogP contribution in [0.15, 0.2) is 109 Å². The minimum atomic E-state index is -0.531. The first-order valence-corrected chi connectivity index (χ1v) is 11.7. The summed E-state index contributed by atoms with van der Waals surface area (Å²) in [6.07, 6.45) is 0. The summed E-state index contributed by atoms with van der Waals surface area (Å²) in [7, 11) is 1.69. The Bertz CT molecular complexity index is 1570. The van der Waals surface area contributed by atoms with Crippen LogP contribution in [-0.4, -0.2) is 13.1 Å². The molecule has 1 aliphatic rings. The summed E-state index contributed by atoms with van der Waals surface area (Å²) in [5.74, 6) is 1.03. The van der Waals surface area contributed by atoms with Gasteiger partial charge in [0.1, 0.15) is 11.5 Å². The van der Waals surface area contributed by atoms with Crippen molar-refractivity contribution < 1.29 is 14.3 Å². The Balaban J connectivity index is 1.71. The van der Waals surface area contributed by atoms with E-state index in [0.717, 1.165) is 16.9 Å². The molecule has 5 aromatic rings. The molecule has 0 saturated carbocycles. The predicted molar refractivity (Wildman–Crippen MR) is 139 cm³/mol. The van der Waals surface area contributed by atoms with Crippen LogP contribution < -0.4 is 9.47 Å². The van der Waals surface area contributed by atoms with E-state index < -0.39 is 5.41 Å². The summed E-state index contributed by atoms with van der Waals surface area (Å²) in [6, 6.07) is 38.0. The molecule has 0 radical (unpaired) electrons. The molecule has 35 heavy (non-hydrogen) atoms. The van der Waals surface area contributed by atoms with Crippen molar-refractivity contribution in [3.8, 4) is 22.6 Å². The summed E-state index contributed by atoms with van der Waals surface area (Å²) in [5.41, 5.74) is 6.70. The zero-order valence-corrected chi connectivity index (χ0v) is 19.6. The van der Waals surface area contributed by atoms with Gasteiger partial charge in [-0.15, -0.1) is 0 Å². The third-order valence-corrected chi connectivity index (χ3v) is 7.01. The highest BCUT2D eigenvalue weighted by Crippen LogP contribution is 2.57. The SMILES string of the molecule is COc1ccc(C2(c3ccc(OC(C)=O)cc3)c3ccccc3-c3c2ccc2ccccc32)cc1. The normalized spacial score (nSPS) is 15.9. The molecule has 0 saturated heterocycles. The Morgan fingerprint density at radius 3 is 1.97 bits per heavy atom. The molecule has 0 heterocycles. The largest absolute Gasteiger partial charge is 0.497 e. The van der Waals surface area contributed by atoms with E-state index in [2.05, 4.69) is 84.9 Å². The van der Waals surface area contributed by atoms with Crippen LogP contribution >= 0.6 is 0 Å². The van der Waals surface area contributed by atoms with Gasteiger partial charge in [0.05, 0.1) is 12.5 Å². The third-order valence-electron chi connectivity index (χ3n) is 7.01. The lowest BCUT2D eigenvalue weighted by molar-refractivity contribution is -0.131. The minimum absolute atomic E-state index is 0.328. The van der Waals surface area contributed by atoms with Crippen LogP contribution in [-0.2, 0) is 10.2 Å². The lowest BCUT2D eigenvalue weighted by Gasteiger charge is -2.34. The fourth-order valence-electron chi connectivity index (χ4n) is 5.62. The number of benzene rings is 5. The molecule has 170 valence electrons. The van der Waals surface area contributed by atoms with Crippen molar-refractivity contribution in [1.29, 1.82) is 0 Å². The lowest BCUT2D eigenvalue weighted by Crippen LogP contribution is -2.28. The molecule has 5 aromatic carbocycles. The van der Waals surface area contributed by atoms with Crippen LogP contribution in [0.5, 0.6) is 11.5 Å². The fourth-order valence-corrected chi connectivity index (χ4v) is 5.62. The van der Waals surface area contributed by atoms with Crippen LogP contribution in [0, 0.1) is 0 Å². The van der Waals surface area contributed by atoms with Gasteiger partial charge >= 0.3 is 5.97 Å². The minimum Gasteiger partial charge on any atom is -0.497 e. The third kappa shape index (κ3) is 3.16. The topological polar surface area (TPSA) is 35.5 Å². The number of hydrogen-bond donors (Lipinski definition) is 0. The van der Waals surface area contributed by atoms with E-state index in [9.17, 15) is 4.79 Å². The van der Waals surface area contributed by atoms with E-state index in [1.165, 1.54) is 39.9 Å². The van der Waals surface area contributed by atoms with Gasteiger partial charge in [0.15, 0.2) is 0 Å². The van der Waals surface area contributed by atoms with Gasteiger partial charge in [-0.2, -0.15) is 0 Å². The number of carbonyl (C=O) groups is 1. The first-order chi connectivity index (χ1) is 17.1. The highest BCUT2D eigenvalue weighted by atomic mass is 16.5. The summed E-state index contributed by atoms with van der Waals surface area (Å²) >= 11 is 0. The molecule has 1 atom stereocenters. The van der Waals surface area contributed by atoms with E-state index in [1.807, 2.05) is 24.3 Å². The highest BCUT2D eigenvalue weighted by Gasteiger charge is 2.46. The molecule has 0 spiro atoms. The van der Waals surface area contributed by atoms with Crippen molar-refractivity contribution in [2.24, 2.45) is 0 Å². The number of rotatable bonds is 4. The number of esters is 1. The average molecular weight is 457 g/mol. The van der Waals surface area contributed by atoms with Gasteiger partial charge in [-0.05, 0) is 68.4 Å². The van der Waals surface area contributed by atoms with E-state index in [4.69, 9.17) is 9.47 Å². The van der Waals surface area contributed by atoms with Crippen molar-refractivity contribution in [3.63, 3.8) is 0 Å². The van der Waals surface area contributed by atoms with Crippen LogP contribution in [0.3, 0.4) is 0 Å². The molecule has 0 aliphatic heterocycles. The lowest BCUT2D eigenvalue weighted by atomic mass is 9.67. The number of carbonyl (C=O) groups excluding carboxylic acids is 1. The quantitative estimate of drug-likeness (QED) is 0.209. The van der Waals surface area contributed by atoms with E-state index in [1.54, 1.807) is 7.11 Å². The van der Waals surface area contributed by atoms with Gasteiger partial charge in [0, 0.05) is 6.92 Å². The highest BCUT2D eigenvalue weighted by molar-refractivity contribution is 6.04. The van der Waals surface area contributed by atoms with Crippen molar-refractivity contribution >= 4 is 16.7 Å². The maximum atomic E-state index is 11.5. The molecule has 0 fully saturated rings. The Morgan fingerprint density at radius 2 is 1.29 bits per heavy atom. The summed E-state index contributed by atoms with van der Waals surface area (Å²) < 4.78 is 10.8. The van der Waals surface area contributed by atoms with E-state index in [-0.39, 0.29) is 5.97 Å². The standard InChI is InChI=1S/C32H24O3/c1-21(33)35-26-18-14-24(15-19-26)32(23-12-16-25(34-2)17-13-23)29-10-6-5-9-28(29)31-27-8-4-3-7-22(27)11-20-30(31)32/h3-20H,1-2H3. The molecule has 1 unspecified atom stereocenters. The van der Waals surface area contributed by atoms with Crippen LogP contribution in [0.1, 0.15) is 29.2 Å². The number of ether oxygens (including phenoxy) is 2. The maximum Gasteiger partial charge on any atom is 0.308 e. The molecule has 3 heteroatoms. The van der Waals surface area contributed by atoms with Crippen molar-refractivity contribution in [3.05, 3.63) is 131 Å². The maximum absolute atomic E-state index is 11.5. The van der Waals surface area contributed by atoms with Crippen molar-refractivity contribution in [2.45, 2.75) is 12.3 Å².